The fraction of sp³-hybridized carbons (Fsp3) is 0.556. The molecule has 0 spiro atoms. The molecule has 2 fully saturated rings. The van der Waals surface area contributed by atoms with E-state index in [2.05, 4.69) is 0 Å². The summed E-state index contributed by atoms with van der Waals surface area (Å²) in [6.45, 7) is 2.82. The monoisotopic (exact) mass is 348 g/mol. The fourth-order valence-corrected chi connectivity index (χ4v) is 4.26. The van der Waals surface area contributed by atoms with Crippen LogP contribution in [-0.2, 0) is 16.0 Å². The molecule has 2 aliphatic rings. The minimum atomic E-state index is -0.168. The van der Waals surface area contributed by atoms with Gasteiger partial charge in [-0.1, -0.05) is 18.2 Å². The SMILES string of the molecule is COc1ccccc1CCN1CC(C(=O)N2CCSCC2)CC1=O. The van der Waals surface area contributed by atoms with Gasteiger partial charge in [-0.15, -0.1) is 0 Å². The Kier molecular flexibility index (Phi) is 5.66. The lowest BCUT2D eigenvalue weighted by molar-refractivity contribution is -0.135. The molecule has 2 aliphatic heterocycles. The highest BCUT2D eigenvalue weighted by Crippen LogP contribution is 2.24. The Bertz CT molecular complexity index is 602. The number of thioether (sulfide) groups is 1. The van der Waals surface area contributed by atoms with Gasteiger partial charge in [-0.3, -0.25) is 9.59 Å². The van der Waals surface area contributed by atoms with E-state index in [4.69, 9.17) is 4.74 Å². The third-order valence-electron chi connectivity index (χ3n) is 4.73. The molecule has 0 N–H and O–H groups in total. The second-order valence-corrected chi connectivity index (χ2v) is 7.47. The second kappa shape index (κ2) is 7.92. The Morgan fingerprint density at radius 1 is 1.29 bits per heavy atom. The number of benzene rings is 1. The summed E-state index contributed by atoms with van der Waals surface area (Å²) in [7, 11) is 1.66. The summed E-state index contributed by atoms with van der Waals surface area (Å²) in [5.74, 6) is 2.94. The van der Waals surface area contributed by atoms with Gasteiger partial charge in [0.25, 0.3) is 0 Å². The lowest BCUT2D eigenvalue weighted by Gasteiger charge is -2.28. The molecule has 0 aliphatic carbocycles. The second-order valence-electron chi connectivity index (χ2n) is 6.24. The van der Waals surface area contributed by atoms with Gasteiger partial charge in [-0.05, 0) is 18.1 Å². The maximum absolute atomic E-state index is 12.6. The normalized spacial score (nSPS) is 21.2. The van der Waals surface area contributed by atoms with E-state index < -0.39 is 0 Å². The Hall–Kier alpha value is -1.69. The number of hydrogen-bond donors (Lipinski definition) is 0. The van der Waals surface area contributed by atoms with Crippen LogP contribution in [0.5, 0.6) is 5.75 Å². The number of ether oxygens (including phenoxy) is 1. The molecule has 0 saturated carbocycles. The van der Waals surface area contributed by atoms with Gasteiger partial charge >= 0.3 is 0 Å². The first-order valence-corrected chi connectivity index (χ1v) is 9.60. The first-order valence-electron chi connectivity index (χ1n) is 8.45. The predicted octanol–water partition coefficient (Wildman–Crippen LogP) is 1.66. The summed E-state index contributed by atoms with van der Waals surface area (Å²) in [5.41, 5.74) is 1.09. The van der Waals surface area contributed by atoms with Crippen molar-refractivity contribution in [3.8, 4) is 5.75 Å². The smallest absolute Gasteiger partial charge is 0.228 e. The number of carbonyl (C=O) groups excluding carboxylic acids is 2. The van der Waals surface area contributed by atoms with Gasteiger partial charge in [0.15, 0.2) is 0 Å². The molecule has 2 amide bonds. The molecule has 0 aromatic heterocycles. The number of hydrogen-bond acceptors (Lipinski definition) is 4. The quantitative estimate of drug-likeness (QED) is 0.812. The average molecular weight is 348 g/mol. The van der Waals surface area contributed by atoms with Crippen molar-refractivity contribution in [2.24, 2.45) is 5.92 Å². The van der Waals surface area contributed by atoms with Gasteiger partial charge in [0.2, 0.25) is 11.8 Å². The van der Waals surface area contributed by atoms with E-state index in [9.17, 15) is 9.59 Å². The summed E-state index contributed by atoms with van der Waals surface area (Å²) in [5, 5.41) is 0. The maximum Gasteiger partial charge on any atom is 0.228 e. The van der Waals surface area contributed by atoms with Gasteiger partial charge < -0.3 is 14.5 Å². The number of rotatable bonds is 5. The van der Waals surface area contributed by atoms with E-state index in [1.165, 1.54) is 0 Å². The topological polar surface area (TPSA) is 49.9 Å². The molecule has 2 saturated heterocycles. The van der Waals surface area contributed by atoms with Crippen LogP contribution in [0.3, 0.4) is 0 Å². The van der Waals surface area contributed by atoms with Crippen molar-refractivity contribution >= 4 is 23.6 Å². The number of carbonyl (C=O) groups is 2. The van der Waals surface area contributed by atoms with Crippen LogP contribution in [0.2, 0.25) is 0 Å². The summed E-state index contributed by atoms with van der Waals surface area (Å²) in [4.78, 5) is 28.6. The lowest BCUT2D eigenvalue weighted by Crippen LogP contribution is -2.42. The van der Waals surface area contributed by atoms with Crippen LogP contribution in [0, 0.1) is 5.92 Å². The Labute approximate surface area is 147 Å². The molecule has 1 aromatic carbocycles. The van der Waals surface area contributed by atoms with E-state index in [0.29, 0.717) is 19.5 Å². The molecule has 0 radical (unpaired) electrons. The standard InChI is InChI=1S/C18H24N2O3S/c1-23-16-5-3-2-4-14(16)6-7-20-13-15(12-17(20)21)18(22)19-8-10-24-11-9-19/h2-5,15H,6-13H2,1H3. The first-order chi connectivity index (χ1) is 11.7. The van der Waals surface area contributed by atoms with E-state index in [0.717, 1.165) is 42.3 Å². The van der Waals surface area contributed by atoms with Crippen molar-refractivity contribution in [2.45, 2.75) is 12.8 Å². The number of para-hydroxylation sites is 1. The first kappa shape index (κ1) is 17.1. The number of amides is 2. The van der Waals surface area contributed by atoms with Crippen LogP contribution < -0.4 is 4.74 Å². The zero-order chi connectivity index (χ0) is 16.9. The van der Waals surface area contributed by atoms with Gasteiger partial charge in [0.05, 0.1) is 13.0 Å². The minimum absolute atomic E-state index is 0.0923. The molecule has 0 bridgehead atoms. The Balaban J connectivity index is 1.56. The maximum atomic E-state index is 12.6. The van der Waals surface area contributed by atoms with Crippen LogP contribution >= 0.6 is 11.8 Å². The molecule has 5 nitrogen and oxygen atoms in total. The highest BCUT2D eigenvalue weighted by atomic mass is 32.2. The summed E-state index contributed by atoms with van der Waals surface area (Å²) >= 11 is 1.89. The fourth-order valence-electron chi connectivity index (χ4n) is 3.36. The lowest BCUT2D eigenvalue weighted by atomic mass is 10.1. The number of methoxy groups -OCH3 is 1. The third-order valence-corrected chi connectivity index (χ3v) is 5.67. The van der Waals surface area contributed by atoms with Crippen molar-refractivity contribution in [1.82, 2.24) is 9.80 Å². The molecule has 1 atom stereocenters. The van der Waals surface area contributed by atoms with E-state index in [1.807, 2.05) is 45.8 Å². The summed E-state index contributed by atoms with van der Waals surface area (Å²) in [6, 6.07) is 7.87. The Morgan fingerprint density at radius 3 is 2.79 bits per heavy atom. The van der Waals surface area contributed by atoms with Gasteiger partial charge in [0.1, 0.15) is 5.75 Å². The molecule has 130 valence electrons. The molecule has 24 heavy (non-hydrogen) atoms. The summed E-state index contributed by atoms with van der Waals surface area (Å²) in [6.07, 6.45) is 1.10. The molecule has 2 heterocycles. The van der Waals surface area contributed by atoms with Crippen molar-refractivity contribution in [3.05, 3.63) is 29.8 Å². The van der Waals surface area contributed by atoms with Gasteiger partial charge in [0, 0.05) is 44.1 Å². The van der Waals surface area contributed by atoms with Gasteiger partial charge in [-0.25, -0.2) is 0 Å². The highest BCUT2D eigenvalue weighted by molar-refractivity contribution is 7.99. The molecule has 3 rings (SSSR count). The van der Waals surface area contributed by atoms with Crippen molar-refractivity contribution in [2.75, 3.05) is 44.8 Å². The summed E-state index contributed by atoms with van der Waals surface area (Å²) < 4.78 is 5.36. The van der Waals surface area contributed by atoms with Crippen molar-refractivity contribution in [1.29, 1.82) is 0 Å². The Morgan fingerprint density at radius 2 is 2.04 bits per heavy atom. The zero-order valence-corrected chi connectivity index (χ0v) is 14.9. The van der Waals surface area contributed by atoms with Crippen molar-refractivity contribution in [3.63, 3.8) is 0 Å². The van der Waals surface area contributed by atoms with Crippen LogP contribution in [0.4, 0.5) is 0 Å². The molecule has 6 heteroatoms. The average Bonchev–Trinajstić information content (AvgIpc) is 3.01. The minimum Gasteiger partial charge on any atom is -0.496 e. The van der Waals surface area contributed by atoms with Crippen LogP contribution in [0.1, 0.15) is 12.0 Å². The molecular weight excluding hydrogens is 324 g/mol. The molecular formula is C18H24N2O3S. The number of likely N-dealkylation sites (tertiary alicyclic amines) is 1. The van der Waals surface area contributed by atoms with E-state index in [1.54, 1.807) is 7.11 Å². The van der Waals surface area contributed by atoms with Gasteiger partial charge in [-0.2, -0.15) is 11.8 Å². The van der Waals surface area contributed by atoms with Crippen LogP contribution in [0.15, 0.2) is 24.3 Å². The van der Waals surface area contributed by atoms with E-state index in [-0.39, 0.29) is 17.7 Å². The number of nitrogens with zero attached hydrogens (tertiary/aromatic N) is 2. The predicted molar refractivity (Wildman–Crippen MR) is 95.3 cm³/mol. The molecule has 1 aromatic rings. The molecule has 1 unspecified atom stereocenters. The van der Waals surface area contributed by atoms with Crippen LogP contribution in [-0.4, -0.2) is 66.4 Å². The largest absolute Gasteiger partial charge is 0.496 e. The van der Waals surface area contributed by atoms with E-state index >= 15 is 0 Å². The van der Waals surface area contributed by atoms with Crippen LogP contribution in [0.25, 0.3) is 0 Å². The van der Waals surface area contributed by atoms with Crippen molar-refractivity contribution < 1.29 is 14.3 Å². The highest BCUT2D eigenvalue weighted by Gasteiger charge is 2.36. The third kappa shape index (κ3) is 3.86. The zero-order valence-electron chi connectivity index (χ0n) is 14.1.